The monoisotopic (exact) mass is 595 g/mol. The summed E-state index contributed by atoms with van der Waals surface area (Å²) in [6.07, 6.45) is -6.26. The van der Waals surface area contributed by atoms with Crippen LogP contribution in [-0.4, -0.2) is 53.1 Å². The number of carbonyl (C=O) groups excluding carboxylic acids is 2. The molecule has 2 aromatic heterocycles. The van der Waals surface area contributed by atoms with Crippen molar-refractivity contribution in [3.05, 3.63) is 41.4 Å². The molecule has 0 spiro atoms. The van der Waals surface area contributed by atoms with E-state index in [1.54, 1.807) is 34.6 Å². The third-order valence-corrected chi connectivity index (χ3v) is 5.65. The highest BCUT2D eigenvalue weighted by atomic mass is 19.4. The fraction of sp³-hybridized carbons (Fsp3) is 0.517. The van der Waals surface area contributed by atoms with Crippen molar-refractivity contribution in [2.45, 2.75) is 84.9 Å². The van der Waals surface area contributed by atoms with Crippen LogP contribution in [0.4, 0.5) is 18.0 Å². The number of hydrogen-bond donors (Lipinski definition) is 1. The van der Waals surface area contributed by atoms with Crippen LogP contribution in [0, 0.1) is 0 Å². The lowest BCUT2D eigenvalue weighted by molar-refractivity contribution is -0.141. The first-order chi connectivity index (χ1) is 19.3. The van der Waals surface area contributed by atoms with Gasteiger partial charge < -0.3 is 28.7 Å². The van der Waals surface area contributed by atoms with Crippen LogP contribution in [0.1, 0.15) is 83.4 Å². The lowest BCUT2D eigenvalue weighted by Gasteiger charge is -2.31. The number of oxazole rings is 1. The topological polar surface area (TPSA) is 122 Å². The number of esters is 1. The van der Waals surface area contributed by atoms with Gasteiger partial charge in [0.05, 0.1) is 25.4 Å². The van der Waals surface area contributed by atoms with Crippen molar-refractivity contribution in [1.29, 1.82) is 0 Å². The molecule has 13 heteroatoms. The maximum absolute atomic E-state index is 13.4. The third kappa shape index (κ3) is 7.90. The summed E-state index contributed by atoms with van der Waals surface area (Å²) in [5, 5.41) is 2.93. The fourth-order valence-electron chi connectivity index (χ4n) is 4.16. The van der Waals surface area contributed by atoms with Gasteiger partial charge in [-0.1, -0.05) is 0 Å². The number of benzene rings is 1. The maximum atomic E-state index is 13.4. The molecule has 0 aliphatic heterocycles. The zero-order valence-electron chi connectivity index (χ0n) is 25.1. The van der Waals surface area contributed by atoms with E-state index in [9.17, 15) is 22.8 Å². The first kappa shape index (κ1) is 32.6. The molecule has 10 nitrogen and oxygen atoms in total. The van der Waals surface area contributed by atoms with Crippen molar-refractivity contribution in [2.75, 3.05) is 13.7 Å². The van der Waals surface area contributed by atoms with E-state index in [-0.39, 0.29) is 46.2 Å². The van der Waals surface area contributed by atoms with E-state index in [0.29, 0.717) is 0 Å². The first-order valence-electron chi connectivity index (χ1n) is 13.2. The molecule has 0 aliphatic carbocycles. The van der Waals surface area contributed by atoms with Crippen LogP contribution >= 0.6 is 0 Å². The van der Waals surface area contributed by atoms with Gasteiger partial charge in [-0.15, -0.1) is 0 Å². The number of aromatic nitrogens is 2. The van der Waals surface area contributed by atoms with Crippen LogP contribution < -0.4 is 10.1 Å². The van der Waals surface area contributed by atoms with Crippen LogP contribution in [0.25, 0.3) is 22.4 Å². The molecule has 0 saturated heterocycles. The summed E-state index contributed by atoms with van der Waals surface area (Å²) < 4.78 is 68.4. The summed E-state index contributed by atoms with van der Waals surface area (Å²) in [6.45, 7) is 13.8. The Morgan fingerprint density at radius 1 is 1.00 bits per heavy atom. The predicted molar refractivity (Wildman–Crippen MR) is 147 cm³/mol. The van der Waals surface area contributed by atoms with E-state index < -0.39 is 47.3 Å². The number of ether oxygens (including phenoxy) is 4. The summed E-state index contributed by atoms with van der Waals surface area (Å²) >= 11 is 0. The first-order valence-corrected chi connectivity index (χ1v) is 13.2. The third-order valence-electron chi connectivity index (χ3n) is 5.65. The molecule has 230 valence electrons. The molecular weight excluding hydrogens is 559 g/mol. The van der Waals surface area contributed by atoms with Gasteiger partial charge in [0, 0.05) is 10.9 Å². The van der Waals surface area contributed by atoms with E-state index in [4.69, 9.17) is 23.4 Å². The summed E-state index contributed by atoms with van der Waals surface area (Å²) in [5.41, 5.74) is -2.71. The van der Waals surface area contributed by atoms with Gasteiger partial charge in [-0.25, -0.2) is 19.6 Å². The van der Waals surface area contributed by atoms with Gasteiger partial charge in [0.15, 0.2) is 11.5 Å². The molecular formula is C29H36F3N3O7. The number of nitrogens with zero attached hydrogens (tertiary/aromatic N) is 2. The fourth-order valence-corrected chi connectivity index (χ4v) is 4.16. The van der Waals surface area contributed by atoms with Crippen LogP contribution in [0.15, 0.2) is 28.7 Å². The maximum Gasteiger partial charge on any atom is 0.433 e. The highest BCUT2D eigenvalue weighted by Gasteiger charge is 2.37. The van der Waals surface area contributed by atoms with Gasteiger partial charge in [-0.2, -0.15) is 13.2 Å². The number of methoxy groups -OCH3 is 1. The Kier molecular flexibility index (Phi) is 9.45. The molecule has 3 aromatic rings. The minimum atomic E-state index is -4.69. The molecule has 1 N–H and O–H groups in total. The number of alkyl carbamates (subject to hydrolysis) is 1. The van der Waals surface area contributed by atoms with Gasteiger partial charge in [0.2, 0.25) is 5.89 Å². The van der Waals surface area contributed by atoms with Crippen LogP contribution in [-0.2, 0) is 20.4 Å². The van der Waals surface area contributed by atoms with Gasteiger partial charge in [-0.05, 0) is 79.7 Å². The SMILES string of the molecule is CCOC(=O)c1nc(-c2ccc(OC)c3nc(C(F)(F)F)ccc23)oc1[C@@H](NC(=O)OC(C)(C)C)[C@@H](C)OC(C)(C)C. The molecule has 2 heterocycles. The summed E-state index contributed by atoms with van der Waals surface area (Å²) in [7, 11) is 1.31. The van der Waals surface area contributed by atoms with Crippen molar-refractivity contribution in [3.8, 4) is 17.2 Å². The molecule has 0 aliphatic rings. The average Bonchev–Trinajstić information content (AvgIpc) is 3.28. The normalized spacial score (nSPS) is 13.9. The summed E-state index contributed by atoms with van der Waals surface area (Å²) in [4.78, 5) is 34.1. The predicted octanol–water partition coefficient (Wildman–Crippen LogP) is 6.86. The molecule has 0 saturated carbocycles. The zero-order valence-corrected chi connectivity index (χ0v) is 25.1. The number of amides is 1. The molecule has 3 rings (SSSR count). The number of carbonyl (C=O) groups is 2. The van der Waals surface area contributed by atoms with Gasteiger partial charge in [0.1, 0.15) is 28.6 Å². The van der Waals surface area contributed by atoms with E-state index in [1.165, 1.54) is 25.3 Å². The number of rotatable bonds is 8. The molecule has 2 atom stereocenters. The van der Waals surface area contributed by atoms with Crippen LogP contribution in [0.2, 0.25) is 0 Å². The van der Waals surface area contributed by atoms with Gasteiger partial charge >= 0.3 is 18.2 Å². The highest BCUT2D eigenvalue weighted by Crippen LogP contribution is 2.38. The second-order valence-corrected chi connectivity index (χ2v) is 11.4. The molecule has 0 fully saturated rings. The Hall–Kier alpha value is -3.87. The summed E-state index contributed by atoms with van der Waals surface area (Å²) in [6, 6.07) is 3.90. The second kappa shape index (κ2) is 12.2. The van der Waals surface area contributed by atoms with E-state index in [2.05, 4.69) is 15.3 Å². The lowest BCUT2D eigenvalue weighted by Crippen LogP contribution is -2.42. The van der Waals surface area contributed by atoms with E-state index >= 15 is 0 Å². The molecule has 1 aromatic carbocycles. The molecule has 0 unspecified atom stereocenters. The highest BCUT2D eigenvalue weighted by molar-refractivity contribution is 5.97. The number of hydrogen-bond acceptors (Lipinski definition) is 9. The van der Waals surface area contributed by atoms with Crippen LogP contribution in [0.3, 0.4) is 0 Å². The Bertz CT molecular complexity index is 1440. The zero-order chi connectivity index (χ0) is 31.6. The van der Waals surface area contributed by atoms with Crippen molar-refractivity contribution < 1.29 is 46.1 Å². The number of halogens is 3. The van der Waals surface area contributed by atoms with Crippen molar-refractivity contribution in [1.82, 2.24) is 15.3 Å². The molecule has 0 bridgehead atoms. The number of pyridine rings is 1. The minimum Gasteiger partial charge on any atom is -0.494 e. The Labute approximate surface area is 241 Å². The number of nitrogens with one attached hydrogen (secondary N) is 1. The minimum absolute atomic E-state index is 0.0221. The average molecular weight is 596 g/mol. The smallest absolute Gasteiger partial charge is 0.433 e. The molecule has 1 amide bonds. The Balaban J connectivity index is 2.25. The molecule has 0 radical (unpaired) electrons. The second-order valence-electron chi connectivity index (χ2n) is 11.4. The quantitative estimate of drug-likeness (QED) is 0.278. The lowest BCUT2D eigenvalue weighted by atomic mass is 10.1. The Morgan fingerprint density at radius 2 is 1.67 bits per heavy atom. The largest absolute Gasteiger partial charge is 0.494 e. The van der Waals surface area contributed by atoms with E-state index in [0.717, 1.165) is 6.07 Å². The summed E-state index contributed by atoms with van der Waals surface area (Å²) in [5.74, 6) is -0.957. The number of fused-ring (bicyclic) bond motifs is 1. The van der Waals surface area contributed by atoms with E-state index in [1.807, 2.05) is 20.8 Å². The van der Waals surface area contributed by atoms with Crippen molar-refractivity contribution in [2.24, 2.45) is 0 Å². The van der Waals surface area contributed by atoms with Gasteiger partial charge in [0.25, 0.3) is 0 Å². The van der Waals surface area contributed by atoms with Gasteiger partial charge in [-0.3, -0.25) is 0 Å². The Morgan fingerprint density at radius 3 is 2.21 bits per heavy atom. The van der Waals surface area contributed by atoms with Crippen LogP contribution in [0.5, 0.6) is 5.75 Å². The number of alkyl halides is 3. The standard InChI is InChI=1S/C29H36F3N3O7/c1-10-39-25(36)22-23(20(15(2)41-27(3,4)5)35-26(37)42-28(6,7)8)40-24(34-22)17-11-13-18(38-9)21-16(17)12-14-19(33-21)29(30,31)32/h11-15,20H,10H2,1-9H3,(H,35,37)/t15-,20+/m1/s1. The van der Waals surface area contributed by atoms with Crippen molar-refractivity contribution >= 4 is 23.0 Å². The molecule has 42 heavy (non-hydrogen) atoms. The van der Waals surface area contributed by atoms with Crippen molar-refractivity contribution in [3.63, 3.8) is 0 Å².